The van der Waals surface area contributed by atoms with Crippen molar-refractivity contribution >= 4 is 21.6 Å². The maximum absolute atomic E-state index is 3.55. The van der Waals surface area contributed by atoms with Gasteiger partial charge in [0.2, 0.25) is 0 Å². The van der Waals surface area contributed by atoms with E-state index in [1.807, 2.05) is 0 Å². The first kappa shape index (κ1) is 9.22. The van der Waals surface area contributed by atoms with Gasteiger partial charge in [0, 0.05) is 15.6 Å². The lowest BCUT2D eigenvalue weighted by atomic mass is 9.76. The van der Waals surface area contributed by atoms with E-state index in [2.05, 4.69) is 70.7 Å². The van der Waals surface area contributed by atoms with Gasteiger partial charge in [-0.3, -0.25) is 0 Å². The van der Waals surface area contributed by atoms with Crippen molar-refractivity contribution in [3.63, 3.8) is 0 Å². The summed E-state index contributed by atoms with van der Waals surface area (Å²) in [6, 6.07) is 8.91. The summed E-state index contributed by atoms with van der Waals surface area (Å²) in [5.41, 5.74) is 2.75. The Morgan fingerprint density at radius 1 is 1.33 bits per heavy atom. The summed E-state index contributed by atoms with van der Waals surface area (Å²) in [7, 11) is 0. The maximum atomic E-state index is 3.55. The molecule has 76 valence electrons. The van der Waals surface area contributed by atoms with Gasteiger partial charge in [0.05, 0.1) is 6.04 Å². The van der Waals surface area contributed by atoms with Gasteiger partial charge in [-0.25, -0.2) is 0 Å². The first-order valence-corrected chi connectivity index (χ1v) is 5.92. The first-order valence-electron chi connectivity index (χ1n) is 5.13. The van der Waals surface area contributed by atoms with Crippen molar-refractivity contribution in [2.45, 2.75) is 18.4 Å². The Labute approximate surface area is 98.0 Å². The molecule has 0 saturated carbocycles. The van der Waals surface area contributed by atoms with Crippen molar-refractivity contribution in [3.8, 4) is 0 Å². The summed E-state index contributed by atoms with van der Waals surface area (Å²) in [6.07, 6.45) is 6.65. The number of benzene rings is 1. The van der Waals surface area contributed by atoms with Gasteiger partial charge >= 0.3 is 0 Å². The molecule has 0 amide bonds. The van der Waals surface area contributed by atoms with Crippen molar-refractivity contribution in [3.05, 3.63) is 52.5 Å². The van der Waals surface area contributed by atoms with Gasteiger partial charge in [-0.2, -0.15) is 0 Å². The molecule has 2 atom stereocenters. The van der Waals surface area contributed by atoms with Gasteiger partial charge in [-0.05, 0) is 24.6 Å². The highest BCUT2D eigenvalue weighted by Gasteiger charge is 2.41. The van der Waals surface area contributed by atoms with E-state index in [-0.39, 0.29) is 5.41 Å². The molecule has 1 aromatic carbocycles. The summed E-state index contributed by atoms with van der Waals surface area (Å²) >= 11 is 3.53. The van der Waals surface area contributed by atoms with E-state index in [4.69, 9.17) is 0 Å². The molecule has 0 saturated heterocycles. The molecule has 0 aromatic heterocycles. The highest BCUT2D eigenvalue weighted by Crippen LogP contribution is 2.45. The van der Waals surface area contributed by atoms with Crippen LogP contribution in [-0.4, -0.2) is 6.04 Å². The third kappa shape index (κ3) is 1.21. The van der Waals surface area contributed by atoms with Crippen LogP contribution in [0.15, 0.2) is 47.0 Å². The number of rotatable bonds is 0. The predicted molar refractivity (Wildman–Crippen MR) is 67.4 cm³/mol. The second-order valence-corrected chi connectivity index (χ2v) is 5.25. The molecule has 0 spiro atoms. The van der Waals surface area contributed by atoms with Crippen LogP contribution in [0, 0.1) is 0 Å². The fourth-order valence-electron chi connectivity index (χ4n) is 2.44. The molecule has 2 unspecified atom stereocenters. The zero-order valence-electron chi connectivity index (χ0n) is 8.50. The van der Waals surface area contributed by atoms with E-state index in [0.29, 0.717) is 6.04 Å². The molecule has 3 rings (SSSR count). The van der Waals surface area contributed by atoms with Crippen LogP contribution in [0.2, 0.25) is 0 Å². The van der Waals surface area contributed by atoms with E-state index in [1.165, 1.54) is 11.3 Å². The van der Waals surface area contributed by atoms with E-state index in [0.717, 1.165) is 4.48 Å². The highest BCUT2D eigenvalue weighted by atomic mass is 79.9. The van der Waals surface area contributed by atoms with Crippen LogP contribution in [-0.2, 0) is 5.41 Å². The number of halogens is 1. The number of anilines is 1. The number of nitrogens with one attached hydrogen (secondary N) is 1. The zero-order valence-corrected chi connectivity index (χ0v) is 10.1. The Balaban J connectivity index is 2.17. The van der Waals surface area contributed by atoms with E-state index >= 15 is 0 Å². The summed E-state index contributed by atoms with van der Waals surface area (Å²) in [5.74, 6) is 0. The van der Waals surface area contributed by atoms with Crippen LogP contribution in [0.1, 0.15) is 12.5 Å². The van der Waals surface area contributed by atoms with E-state index in [1.54, 1.807) is 0 Å². The number of hydrogen-bond acceptors (Lipinski definition) is 1. The molecule has 15 heavy (non-hydrogen) atoms. The Kier molecular flexibility index (Phi) is 1.84. The van der Waals surface area contributed by atoms with Gasteiger partial charge in [-0.15, -0.1) is 0 Å². The lowest BCUT2D eigenvalue weighted by molar-refractivity contribution is 0.578. The Morgan fingerprint density at radius 2 is 2.13 bits per heavy atom. The highest BCUT2D eigenvalue weighted by molar-refractivity contribution is 9.11. The zero-order chi connectivity index (χ0) is 10.5. The fraction of sp³-hybridized carbons (Fsp3) is 0.231. The van der Waals surface area contributed by atoms with Crippen LogP contribution in [0.5, 0.6) is 0 Å². The van der Waals surface area contributed by atoms with E-state index in [9.17, 15) is 0 Å². The van der Waals surface area contributed by atoms with Crippen molar-refractivity contribution in [2.24, 2.45) is 0 Å². The van der Waals surface area contributed by atoms with E-state index < -0.39 is 0 Å². The Morgan fingerprint density at radius 3 is 3.00 bits per heavy atom. The smallest absolute Gasteiger partial charge is 0.0588 e. The van der Waals surface area contributed by atoms with Crippen LogP contribution in [0.4, 0.5) is 5.69 Å². The summed E-state index contributed by atoms with van der Waals surface area (Å²) < 4.78 is 1.16. The minimum Gasteiger partial charge on any atom is -0.377 e. The molecule has 1 heterocycles. The van der Waals surface area contributed by atoms with Crippen molar-refractivity contribution in [2.75, 3.05) is 5.32 Å². The molecular formula is C13H12BrN. The average molecular weight is 262 g/mol. The van der Waals surface area contributed by atoms with Gasteiger partial charge in [-0.1, -0.05) is 46.3 Å². The van der Waals surface area contributed by atoms with Crippen LogP contribution in [0.25, 0.3) is 0 Å². The monoisotopic (exact) mass is 261 g/mol. The second-order valence-electron chi connectivity index (χ2n) is 4.34. The summed E-state index contributed by atoms with van der Waals surface area (Å²) in [6.45, 7) is 2.28. The molecule has 1 nitrogen and oxygen atoms in total. The van der Waals surface area contributed by atoms with Crippen molar-refractivity contribution < 1.29 is 0 Å². The quantitative estimate of drug-likeness (QED) is 0.753. The largest absolute Gasteiger partial charge is 0.377 e. The number of hydrogen-bond donors (Lipinski definition) is 1. The first-order chi connectivity index (χ1) is 7.20. The van der Waals surface area contributed by atoms with Gasteiger partial charge in [0.1, 0.15) is 0 Å². The number of allylic oxidation sites excluding steroid dienone is 2. The SMILES string of the molecule is CC12C=CC(Br)=CC1Nc1ccccc12. The Hall–Kier alpha value is -1.02. The molecule has 1 N–H and O–H groups in total. The molecule has 1 aliphatic heterocycles. The molecule has 2 aliphatic rings. The second kappa shape index (κ2) is 2.99. The maximum Gasteiger partial charge on any atom is 0.0588 e. The molecule has 0 fully saturated rings. The lowest BCUT2D eigenvalue weighted by Gasteiger charge is -2.29. The normalized spacial score (nSPS) is 31.6. The van der Waals surface area contributed by atoms with Crippen molar-refractivity contribution in [1.82, 2.24) is 0 Å². The minimum absolute atomic E-state index is 0.105. The molecular weight excluding hydrogens is 250 g/mol. The number of para-hydroxylation sites is 1. The van der Waals surface area contributed by atoms with Gasteiger partial charge in [0.15, 0.2) is 0 Å². The van der Waals surface area contributed by atoms with Crippen LogP contribution < -0.4 is 5.32 Å². The molecule has 2 heteroatoms. The standard InChI is InChI=1S/C13H12BrN/c1-13-7-6-9(14)8-12(13)15-11-5-3-2-4-10(11)13/h2-8,12,15H,1H3. The Bertz CT molecular complexity index is 475. The van der Waals surface area contributed by atoms with Gasteiger partial charge in [0.25, 0.3) is 0 Å². The fourth-order valence-corrected chi connectivity index (χ4v) is 2.84. The molecule has 0 bridgehead atoms. The average Bonchev–Trinajstić information content (AvgIpc) is 2.52. The van der Waals surface area contributed by atoms with Crippen LogP contribution in [0.3, 0.4) is 0 Å². The predicted octanol–water partition coefficient (Wildman–Crippen LogP) is 3.59. The summed E-state index contributed by atoms with van der Waals surface area (Å²) in [5, 5.41) is 3.55. The van der Waals surface area contributed by atoms with Gasteiger partial charge < -0.3 is 5.32 Å². The number of fused-ring (bicyclic) bond motifs is 3. The minimum atomic E-state index is 0.105. The molecule has 1 aromatic rings. The lowest BCUT2D eigenvalue weighted by Crippen LogP contribution is -2.34. The molecule has 1 aliphatic carbocycles. The third-order valence-electron chi connectivity index (χ3n) is 3.38. The molecule has 0 radical (unpaired) electrons. The topological polar surface area (TPSA) is 12.0 Å². The van der Waals surface area contributed by atoms with Crippen molar-refractivity contribution in [1.29, 1.82) is 0 Å². The van der Waals surface area contributed by atoms with Crippen LogP contribution >= 0.6 is 15.9 Å². The third-order valence-corrected chi connectivity index (χ3v) is 3.91. The summed E-state index contributed by atoms with van der Waals surface area (Å²) in [4.78, 5) is 0.